The Labute approximate surface area is 172 Å². The van der Waals surface area contributed by atoms with Crippen LogP contribution in [0.5, 0.6) is 5.75 Å². The van der Waals surface area contributed by atoms with Crippen LogP contribution in [0.2, 0.25) is 0 Å². The predicted octanol–water partition coefficient (Wildman–Crippen LogP) is 3.45. The minimum atomic E-state index is -3.37. The molecule has 0 atom stereocenters. The van der Waals surface area contributed by atoms with E-state index in [1.54, 1.807) is 26.2 Å². The minimum absolute atomic E-state index is 0.104. The van der Waals surface area contributed by atoms with Gasteiger partial charge in [-0.15, -0.1) is 0 Å². The van der Waals surface area contributed by atoms with E-state index >= 15 is 0 Å². The van der Waals surface area contributed by atoms with Crippen molar-refractivity contribution in [1.29, 1.82) is 0 Å². The standard InChI is InChI=1S/C21H27N3O4S/c1-5-7-16-10-17(12-18(11-16)28-4)23-21(25)19-13-20(22-15(3)14(19)2)24-8-6-9-29(24,26)27/h10-13H,5-9H2,1-4H3,(H,23,25). The van der Waals surface area contributed by atoms with Gasteiger partial charge in [0.15, 0.2) is 0 Å². The molecular weight excluding hydrogens is 390 g/mol. The van der Waals surface area contributed by atoms with Gasteiger partial charge in [0.2, 0.25) is 10.0 Å². The van der Waals surface area contributed by atoms with E-state index in [1.165, 1.54) is 4.31 Å². The molecule has 2 heterocycles. The van der Waals surface area contributed by atoms with Gasteiger partial charge >= 0.3 is 0 Å². The molecule has 29 heavy (non-hydrogen) atoms. The monoisotopic (exact) mass is 417 g/mol. The zero-order valence-corrected chi connectivity index (χ0v) is 18.1. The molecule has 1 N–H and O–H groups in total. The number of rotatable bonds is 6. The molecule has 3 rings (SSSR count). The second-order valence-corrected chi connectivity index (χ2v) is 9.27. The summed E-state index contributed by atoms with van der Waals surface area (Å²) in [6.07, 6.45) is 2.42. The van der Waals surface area contributed by atoms with Crippen LogP contribution in [-0.2, 0) is 16.4 Å². The molecule has 1 amide bonds. The van der Waals surface area contributed by atoms with Gasteiger partial charge in [0.25, 0.3) is 5.91 Å². The molecule has 1 aliphatic heterocycles. The Balaban J connectivity index is 1.94. The van der Waals surface area contributed by atoms with Gasteiger partial charge in [0.05, 0.1) is 12.9 Å². The highest BCUT2D eigenvalue weighted by Crippen LogP contribution is 2.27. The molecule has 0 saturated carbocycles. The van der Waals surface area contributed by atoms with Crippen LogP contribution in [0.15, 0.2) is 24.3 Å². The third kappa shape index (κ3) is 4.53. The van der Waals surface area contributed by atoms with Crippen LogP contribution in [0.1, 0.15) is 46.9 Å². The smallest absolute Gasteiger partial charge is 0.256 e. The summed E-state index contributed by atoms with van der Waals surface area (Å²) < 4.78 is 31.2. The van der Waals surface area contributed by atoms with E-state index in [9.17, 15) is 13.2 Å². The van der Waals surface area contributed by atoms with E-state index < -0.39 is 10.0 Å². The molecule has 1 aliphatic rings. The number of sulfonamides is 1. The normalized spacial score (nSPS) is 15.4. The molecule has 0 unspecified atom stereocenters. The van der Waals surface area contributed by atoms with Gasteiger partial charge in [-0.3, -0.25) is 9.10 Å². The van der Waals surface area contributed by atoms with E-state index in [-0.39, 0.29) is 11.7 Å². The number of amides is 1. The SMILES string of the molecule is CCCc1cc(NC(=O)c2cc(N3CCCS3(=O)=O)nc(C)c2C)cc(OC)c1. The Morgan fingerprint density at radius 1 is 1.24 bits per heavy atom. The predicted molar refractivity (Wildman–Crippen MR) is 114 cm³/mol. The lowest BCUT2D eigenvalue weighted by Gasteiger charge is -2.19. The van der Waals surface area contributed by atoms with E-state index in [0.29, 0.717) is 41.5 Å². The molecule has 0 spiro atoms. The lowest BCUT2D eigenvalue weighted by Crippen LogP contribution is -2.27. The fourth-order valence-electron chi connectivity index (χ4n) is 3.46. The molecule has 8 heteroatoms. The van der Waals surface area contributed by atoms with Crippen LogP contribution in [0, 0.1) is 13.8 Å². The van der Waals surface area contributed by atoms with Gasteiger partial charge in [-0.1, -0.05) is 13.3 Å². The van der Waals surface area contributed by atoms with Crippen molar-refractivity contribution in [2.45, 2.75) is 40.0 Å². The molecule has 0 radical (unpaired) electrons. The van der Waals surface area contributed by atoms with E-state index in [0.717, 1.165) is 24.0 Å². The maximum absolute atomic E-state index is 13.0. The van der Waals surface area contributed by atoms with Crippen LogP contribution in [0.3, 0.4) is 0 Å². The average molecular weight is 418 g/mol. The topological polar surface area (TPSA) is 88.6 Å². The second kappa shape index (κ2) is 8.41. The summed E-state index contributed by atoms with van der Waals surface area (Å²) in [7, 11) is -1.78. The van der Waals surface area contributed by atoms with Gasteiger partial charge in [0, 0.05) is 29.6 Å². The summed E-state index contributed by atoms with van der Waals surface area (Å²) in [4.78, 5) is 17.4. The van der Waals surface area contributed by atoms with Gasteiger partial charge < -0.3 is 10.1 Å². The highest BCUT2D eigenvalue weighted by Gasteiger charge is 2.30. The van der Waals surface area contributed by atoms with Gasteiger partial charge in [-0.25, -0.2) is 13.4 Å². The Morgan fingerprint density at radius 2 is 2.00 bits per heavy atom. The number of methoxy groups -OCH3 is 1. The number of aryl methyl sites for hydroxylation is 2. The molecule has 1 fully saturated rings. The Bertz CT molecular complexity index is 1030. The lowest BCUT2D eigenvalue weighted by atomic mass is 10.1. The quantitative estimate of drug-likeness (QED) is 0.778. The number of ether oxygens (including phenoxy) is 1. The van der Waals surface area contributed by atoms with Crippen molar-refractivity contribution in [3.8, 4) is 5.75 Å². The summed E-state index contributed by atoms with van der Waals surface area (Å²) in [6.45, 7) is 6.07. The van der Waals surface area contributed by atoms with Crippen molar-refractivity contribution in [3.63, 3.8) is 0 Å². The number of nitrogens with zero attached hydrogens (tertiary/aromatic N) is 2. The highest BCUT2D eigenvalue weighted by molar-refractivity contribution is 7.93. The zero-order valence-electron chi connectivity index (χ0n) is 17.3. The third-order valence-electron chi connectivity index (χ3n) is 5.10. The van der Waals surface area contributed by atoms with E-state index in [2.05, 4.69) is 17.2 Å². The first kappa shape index (κ1) is 21.1. The first-order chi connectivity index (χ1) is 13.7. The Hall–Kier alpha value is -2.61. The number of anilines is 2. The molecule has 7 nitrogen and oxygen atoms in total. The van der Waals surface area contributed by atoms with Gasteiger partial charge in [-0.05, 0) is 56.0 Å². The number of nitrogens with one attached hydrogen (secondary N) is 1. The Morgan fingerprint density at radius 3 is 2.62 bits per heavy atom. The maximum Gasteiger partial charge on any atom is 0.256 e. The first-order valence-corrected chi connectivity index (χ1v) is 11.3. The number of hydrogen-bond acceptors (Lipinski definition) is 5. The summed E-state index contributed by atoms with van der Waals surface area (Å²) in [6, 6.07) is 7.22. The van der Waals surface area contributed by atoms with Gasteiger partial charge in [0.1, 0.15) is 11.6 Å². The Kier molecular flexibility index (Phi) is 6.12. The molecule has 0 aliphatic carbocycles. The number of aromatic nitrogens is 1. The molecule has 156 valence electrons. The van der Waals surface area contributed by atoms with Crippen LogP contribution >= 0.6 is 0 Å². The van der Waals surface area contributed by atoms with Crippen LogP contribution in [-0.4, -0.2) is 38.7 Å². The fourth-order valence-corrected chi connectivity index (χ4v) is 4.96. The number of benzene rings is 1. The fraction of sp³-hybridized carbons (Fsp3) is 0.429. The van der Waals surface area contributed by atoms with Crippen molar-refractivity contribution >= 4 is 27.4 Å². The zero-order chi connectivity index (χ0) is 21.2. The highest BCUT2D eigenvalue weighted by atomic mass is 32.2. The number of carbonyl (C=O) groups is 1. The molecule has 1 aromatic heterocycles. The van der Waals surface area contributed by atoms with Crippen molar-refractivity contribution in [3.05, 3.63) is 46.6 Å². The number of hydrogen-bond donors (Lipinski definition) is 1. The van der Waals surface area contributed by atoms with Crippen LogP contribution < -0.4 is 14.4 Å². The van der Waals surface area contributed by atoms with Crippen molar-refractivity contribution in [1.82, 2.24) is 4.98 Å². The number of pyridine rings is 1. The van der Waals surface area contributed by atoms with Crippen molar-refractivity contribution in [2.75, 3.05) is 29.0 Å². The third-order valence-corrected chi connectivity index (χ3v) is 6.95. The largest absolute Gasteiger partial charge is 0.497 e. The molecule has 1 aromatic carbocycles. The van der Waals surface area contributed by atoms with E-state index in [4.69, 9.17) is 4.74 Å². The molecular formula is C21H27N3O4S. The average Bonchev–Trinajstić information content (AvgIpc) is 3.02. The minimum Gasteiger partial charge on any atom is -0.497 e. The lowest BCUT2D eigenvalue weighted by molar-refractivity contribution is 0.102. The molecule has 2 aromatic rings. The summed E-state index contributed by atoms with van der Waals surface area (Å²) >= 11 is 0. The van der Waals surface area contributed by atoms with Crippen LogP contribution in [0.4, 0.5) is 11.5 Å². The number of carbonyl (C=O) groups excluding carboxylic acids is 1. The summed E-state index contributed by atoms with van der Waals surface area (Å²) in [5, 5.41) is 2.92. The van der Waals surface area contributed by atoms with Crippen molar-refractivity contribution in [2.24, 2.45) is 0 Å². The summed E-state index contributed by atoms with van der Waals surface area (Å²) in [5.74, 6) is 0.778. The summed E-state index contributed by atoms with van der Waals surface area (Å²) in [5.41, 5.74) is 3.48. The first-order valence-electron chi connectivity index (χ1n) is 9.73. The molecule has 1 saturated heterocycles. The van der Waals surface area contributed by atoms with Crippen molar-refractivity contribution < 1.29 is 17.9 Å². The van der Waals surface area contributed by atoms with E-state index in [1.807, 2.05) is 19.1 Å². The van der Waals surface area contributed by atoms with Gasteiger partial charge in [-0.2, -0.15) is 0 Å². The maximum atomic E-state index is 13.0. The second-order valence-electron chi connectivity index (χ2n) is 7.25. The molecule has 0 bridgehead atoms. The van der Waals surface area contributed by atoms with Crippen LogP contribution in [0.25, 0.3) is 0 Å².